The van der Waals surface area contributed by atoms with Gasteiger partial charge in [-0.05, 0) is 19.3 Å². The van der Waals surface area contributed by atoms with Crippen molar-refractivity contribution in [3.63, 3.8) is 0 Å². The molecule has 0 saturated carbocycles. The number of thiazole rings is 1. The first kappa shape index (κ1) is 14.9. The summed E-state index contributed by atoms with van der Waals surface area (Å²) in [6, 6.07) is -0.223. The molecule has 6 heteroatoms. The van der Waals surface area contributed by atoms with Gasteiger partial charge in [-0.25, -0.2) is 9.78 Å². The highest BCUT2D eigenvalue weighted by Gasteiger charge is 2.09. The fourth-order valence-corrected chi connectivity index (χ4v) is 2.10. The first-order valence-corrected chi connectivity index (χ1v) is 6.91. The molecule has 1 aromatic rings. The first-order chi connectivity index (χ1) is 8.49. The number of aliphatic hydroxyl groups excluding tert-OH is 1. The lowest BCUT2D eigenvalue weighted by molar-refractivity contribution is 0.116. The van der Waals surface area contributed by atoms with Gasteiger partial charge in [0.25, 0.3) is 0 Å². The van der Waals surface area contributed by atoms with Crippen molar-refractivity contribution in [2.24, 2.45) is 5.92 Å². The second-order valence-electron chi connectivity index (χ2n) is 4.57. The van der Waals surface area contributed by atoms with Crippen LogP contribution >= 0.6 is 11.3 Å². The third-order valence-electron chi connectivity index (χ3n) is 2.56. The summed E-state index contributed by atoms with van der Waals surface area (Å²) >= 11 is 1.57. The van der Waals surface area contributed by atoms with E-state index in [2.05, 4.69) is 15.6 Å². The van der Waals surface area contributed by atoms with Crippen LogP contribution in [-0.4, -0.2) is 28.8 Å². The summed E-state index contributed by atoms with van der Waals surface area (Å²) in [5.41, 5.74) is 0. The normalized spacial score (nSPS) is 12.5. The summed E-state index contributed by atoms with van der Waals surface area (Å²) in [6.07, 6.45) is 1.99. The molecule has 1 atom stereocenters. The van der Waals surface area contributed by atoms with Gasteiger partial charge in [-0.3, -0.25) is 0 Å². The molecule has 0 saturated heterocycles. The van der Waals surface area contributed by atoms with Gasteiger partial charge in [0, 0.05) is 17.6 Å². The minimum absolute atomic E-state index is 0.216. The van der Waals surface area contributed by atoms with Crippen LogP contribution in [0.5, 0.6) is 0 Å². The lowest BCUT2D eigenvalue weighted by Crippen LogP contribution is -2.37. The van der Waals surface area contributed by atoms with E-state index in [-0.39, 0.29) is 18.1 Å². The monoisotopic (exact) mass is 271 g/mol. The predicted octanol–water partition coefficient (Wildman–Crippen LogP) is 1.66. The molecule has 1 rings (SSSR count). The molecule has 0 spiro atoms. The average molecular weight is 271 g/mol. The minimum atomic E-state index is -0.369. The van der Waals surface area contributed by atoms with Crippen LogP contribution in [0.2, 0.25) is 0 Å². The fraction of sp³-hybridized carbons (Fsp3) is 0.667. The number of nitrogens with one attached hydrogen (secondary N) is 2. The topological polar surface area (TPSA) is 74.2 Å². The minimum Gasteiger partial charge on any atom is -0.393 e. The standard InChI is InChI=1S/C12H21N3O2S/c1-8(2)10(16)4-5-13-12(17)15-7-11-14-6-9(3)18-11/h6,8,10,16H,4-5,7H2,1-3H3,(H2,13,15,17). The third-order valence-corrected chi connectivity index (χ3v) is 3.48. The van der Waals surface area contributed by atoms with Crippen LogP contribution in [0.3, 0.4) is 0 Å². The predicted molar refractivity (Wildman–Crippen MR) is 72.6 cm³/mol. The van der Waals surface area contributed by atoms with Gasteiger partial charge in [0.05, 0.1) is 12.6 Å². The molecule has 0 aliphatic carbocycles. The highest BCUT2D eigenvalue weighted by atomic mass is 32.1. The molecule has 1 aromatic heterocycles. The van der Waals surface area contributed by atoms with Crippen molar-refractivity contribution >= 4 is 17.4 Å². The van der Waals surface area contributed by atoms with Crippen molar-refractivity contribution in [1.82, 2.24) is 15.6 Å². The molecule has 2 amide bonds. The molecule has 1 heterocycles. The Morgan fingerprint density at radius 1 is 1.50 bits per heavy atom. The molecule has 0 fully saturated rings. The number of carbonyl (C=O) groups excluding carboxylic acids is 1. The van der Waals surface area contributed by atoms with Crippen LogP contribution in [0.25, 0.3) is 0 Å². The van der Waals surface area contributed by atoms with E-state index in [9.17, 15) is 9.90 Å². The first-order valence-electron chi connectivity index (χ1n) is 6.10. The van der Waals surface area contributed by atoms with Crippen LogP contribution in [0.15, 0.2) is 6.20 Å². The Labute approximate surface area is 112 Å². The van der Waals surface area contributed by atoms with Crippen LogP contribution in [0, 0.1) is 12.8 Å². The van der Waals surface area contributed by atoms with E-state index in [1.165, 1.54) is 0 Å². The average Bonchev–Trinajstić information content (AvgIpc) is 2.72. The fourth-order valence-electron chi connectivity index (χ4n) is 1.37. The van der Waals surface area contributed by atoms with Gasteiger partial charge in [0.1, 0.15) is 5.01 Å². The molecule has 0 bridgehead atoms. The number of carbonyl (C=O) groups is 1. The maximum Gasteiger partial charge on any atom is 0.315 e. The molecule has 0 radical (unpaired) electrons. The number of aryl methyl sites for hydroxylation is 1. The number of hydrogen-bond donors (Lipinski definition) is 3. The molecule has 1 unspecified atom stereocenters. The third kappa shape index (κ3) is 5.46. The van der Waals surface area contributed by atoms with Gasteiger partial charge in [-0.15, -0.1) is 11.3 Å². The molecule has 3 N–H and O–H groups in total. The number of hydrogen-bond acceptors (Lipinski definition) is 4. The maximum atomic E-state index is 11.4. The van der Waals surface area contributed by atoms with Crippen LogP contribution in [0.1, 0.15) is 30.2 Å². The zero-order chi connectivity index (χ0) is 13.5. The van der Waals surface area contributed by atoms with E-state index in [1.54, 1.807) is 17.5 Å². The largest absolute Gasteiger partial charge is 0.393 e. The molecule has 18 heavy (non-hydrogen) atoms. The van der Waals surface area contributed by atoms with Gasteiger partial charge in [-0.2, -0.15) is 0 Å². The Kier molecular flexibility index (Phi) is 6.07. The van der Waals surface area contributed by atoms with Gasteiger partial charge >= 0.3 is 6.03 Å². The Balaban J connectivity index is 2.14. The highest BCUT2D eigenvalue weighted by molar-refractivity contribution is 7.11. The molecular weight excluding hydrogens is 250 g/mol. The zero-order valence-electron chi connectivity index (χ0n) is 11.1. The van der Waals surface area contributed by atoms with Gasteiger partial charge in [-0.1, -0.05) is 13.8 Å². The Morgan fingerprint density at radius 2 is 2.22 bits per heavy atom. The summed E-state index contributed by atoms with van der Waals surface area (Å²) in [7, 11) is 0. The number of aliphatic hydroxyl groups is 1. The van der Waals surface area contributed by atoms with Crippen molar-refractivity contribution < 1.29 is 9.90 Å². The summed E-state index contributed by atoms with van der Waals surface area (Å²) in [5, 5.41) is 15.9. The van der Waals surface area contributed by atoms with E-state index in [4.69, 9.17) is 0 Å². The maximum absolute atomic E-state index is 11.4. The van der Waals surface area contributed by atoms with Crippen LogP contribution < -0.4 is 10.6 Å². The molecule has 5 nitrogen and oxygen atoms in total. The molecular formula is C12H21N3O2S. The highest BCUT2D eigenvalue weighted by Crippen LogP contribution is 2.10. The van der Waals surface area contributed by atoms with Gasteiger partial charge in [0.15, 0.2) is 0 Å². The smallest absolute Gasteiger partial charge is 0.315 e. The summed E-state index contributed by atoms with van der Waals surface area (Å²) in [5.74, 6) is 0.216. The zero-order valence-corrected chi connectivity index (χ0v) is 11.9. The molecule has 0 aliphatic heterocycles. The summed E-state index contributed by atoms with van der Waals surface area (Å²) < 4.78 is 0. The molecule has 102 valence electrons. The van der Waals surface area contributed by atoms with E-state index in [0.717, 1.165) is 9.88 Å². The van der Waals surface area contributed by atoms with Crippen LogP contribution in [0.4, 0.5) is 4.79 Å². The van der Waals surface area contributed by atoms with Crippen molar-refractivity contribution in [1.29, 1.82) is 0 Å². The number of urea groups is 1. The lowest BCUT2D eigenvalue weighted by Gasteiger charge is -2.14. The van der Waals surface area contributed by atoms with Gasteiger partial charge < -0.3 is 15.7 Å². The number of rotatable bonds is 6. The second-order valence-corrected chi connectivity index (χ2v) is 5.89. The Hall–Kier alpha value is -1.14. The van der Waals surface area contributed by atoms with Gasteiger partial charge in [0.2, 0.25) is 0 Å². The number of nitrogens with zero attached hydrogens (tertiary/aromatic N) is 1. The quantitative estimate of drug-likeness (QED) is 0.736. The van der Waals surface area contributed by atoms with Crippen molar-refractivity contribution in [2.45, 2.75) is 39.8 Å². The summed E-state index contributed by atoms with van der Waals surface area (Å²) in [6.45, 7) is 6.80. The molecule has 0 aliphatic rings. The molecule has 0 aromatic carbocycles. The van der Waals surface area contributed by atoms with Crippen molar-refractivity contribution in [2.75, 3.05) is 6.54 Å². The number of aromatic nitrogens is 1. The van der Waals surface area contributed by atoms with E-state index in [1.807, 2.05) is 20.8 Å². The van der Waals surface area contributed by atoms with Crippen molar-refractivity contribution in [3.05, 3.63) is 16.1 Å². The van der Waals surface area contributed by atoms with E-state index in [0.29, 0.717) is 19.5 Å². The lowest BCUT2D eigenvalue weighted by atomic mass is 10.0. The van der Waals surface area contributed by atoms with Crippen molar-refractivity contribution in [3.8, 4) is 0 Å². The Morgan fingerprint density at radius 3 is 2.78 bits per heavy atom. The van der Waals surface area contributed by atoms with E-state index < -0.39 is 0 Å². The number of amides is 2. The SMILES string of the molecule is Cc1cnc(CNC(=O)NCCC(O)C(C)C)s1. The Bertz CT molecular complexity index is 379. The second kappa shape index (κ2) is 7.33. The van der Waals surface area contributed by atoms with E-state index >= 15 is 0 Å². The van der Waals surface area contributed by atoms with Crippen LogP contribution in [-0.2, 0) is 6.54 Å². The summed E-state index contributed by atoms with van der Waals surface area (Å²) in [4.78, 5) is 16.7.